The Bertz CT molecular complexity index is 363. The largest absolute Gasteiger partial charge is 0.370 e. The molecular formula is C12H12ClN. The summed E-state index contributed by atoms with van der Waals surface area (Å²) in [6.07, 6.45) is 1.90. The molecule has 0 spiro atoms. The first-order valence-electron chi connectivity index (χ1n) is 4.82. The van der Waals surface area contributed by atoms with E-state index >= 15 is 0 Å². The van der Waals surface area contributed by atoms with Crippen molar-refractivity contribution in [3.05, 3.63) is 29.3 Å². The summed E-state index contributed by atoms with van der Waals surface area (Å²) >= 11 is 5.95. The quantitative estimate of drug-likeness (QED) is 0.638. The molecule has 1 nitrogen and oxygen atoms in total. The lowest BCUT2D eigenvalue weighted by atomic mass is 10.2. The number of rotatable bonds is 1. The second kappa shape index (κ2) is 4.39. The molecule has 0 aliphatic carbocycles. The van der Waals surface area contributed by atoms with Crippen LogP contribution in [0.4, 0.5) is 5.69 Å². The van der Waals surface area contributed by atoms with Crippen molar-refractivity contribution in [3.63, 3.8) is 0 Å². The number of nitrogens with zero attached hydrogens (tertiary/aromatic N) is 1. The van der Waals surface area contributed by atoms with Gasteiger partial charge in [-0.25, -0.2) is 0 Å². The van der Waals surface area contributed by atoms with Crippen molar-refractivity contribution >= 4 is 17.3 Å². The van der Waals surface area contributed by atoms with E-state index in [2.05, 4.69) is 22.8 Å². The zero-order valence-electron chi connectivity index (χ0n) is 7.96. The molecule has 1 aromatic rings. The summed E-state index contributed by atoms with van der Waals surface area (Å²) in [5.41, 5.74) is 1.20. The molecule has 0 aromatic heterocycles. The third-order valence-corrected chi connectivity index (χ3v) is 2.55. The molecule has 0 atom stereocenters. The Labute approximate surface area is 89.7 Å². The van der Waals surface area contributed by atoms with Crippen molar-refractivity contribution in [2.75, 3.05) is 18.0 Å². The van der Waals surface area contributed by atoms with Crippen molar-refractivity contribution < 1.29 is 0 Å². The summed E-state index contributed by atoms with van der Waals surface area (Å²) in [5, 5.41) is 0.799. The van der Waals surface area contributed by atoms with Gasteiger partial charge >= 0.3 is 0 Å². The molecule has 2 heteroatoms. The molecule has 0 N–H and O–H groups in total. The van der Waals surface area contributed by atoms with Crippen LogP contribution in [0.15, 0.2) is 24.3 Å². The van der Waals surface area contributed by atoms with Crippen LogP contribution in [0.5, 0.6) is 0 Å². The fraction of sp³-hybridized carbons (Fsp3) is 0.333. The van der Waals surface area contributed by atoms with Gasteiger partial charge in [0.25, 0.3) is 0 Å². The van der Waals surface area contributed by atoms with Crippen molar-refractivity contribution in [1.82, 2.24) is 0 Å². The van der Waals surface area contributed by atoms with Gasteiger partial charge in [-0.2, -0.15) is 0 Å². The van der Waals surface area contributed by atoms with Gasteiger partial charge in [-0.05, 0) is 18.2 Å². The summed E-state index contributed by atoms with van der Waals surface area (Å²) in [6, 6.07) is 7.99. The standard InChI is InChI=1S/C12H12ClN/c13-11-6-5-7-12(10-11)14-8-3-1-2-4-9-14/h5-7,10H,3-4,8-9H2. The number of benzene rings is 1. The highest BCUT2D eigenvalue weighted by Crippen LogP contribution is 2.20. The Balaban J connectivity index is 2.14. The van der Waals surface area contributed by atoms with Gasteiger partial charge in [0.1, 0.15) is 0 Å². The molecule has 1 aromatic carbocycles. The Morgan fingerprint density at radius 2 is 1.86 bits per heavy atom. The minimum absolute atomic E-state index is 0.799. The van der Waals surface area contributed by atoms with Crippen LogP contribution in [-0.4, -0.2) is 13.1 Å². The van der Waals surface area contributed by atoms with E-state index in [4.69, 9.17) is 11.6 Å². The van der Waals surface area contributed by atoms with Gasteiger partial charge in [-0.3, -0.25) is 0 Å². The second-order valence-corrected chi connectivity index (χ2v) is 3.76. The summed E-state index contributed by atoms with van der Waals surface area (Å²) < 4.78 is 0. The third kappa shape index (κ3) is 2.21. The van der Waals surface area contributed by atoms with Crippen LogP contribution >= 0.6 is 11.6 Å². The molecule has 0 bridgehead atoms. The molecule has 2 rings (SSSR count). The minimum atomic E-state index is 0.799. The van der Waals surface area contributed by atoms with Crippen LogP contribution < -0.4 is 4.90 Å². The van der Waals surface area contributed by atoms with Crippen LogP contribution in [0, 0.1) is 11.8 Å². The van der Waals surface area contributed by atoms with E-state index in [9.17, 15) is 0 Å². The van der Waals surface area contributed by atoms with Crippen molar-refractivity contribution in [1.29, 1.82) is 0 Å². The predicted molar refractivity (Wildman–Crippen MR) is 60.7 cm³/mol. The Morgan fingerprint density at radius 3 is 2.50 bits per heavy atom. The van der Waals surface area contributed by atoms with Crippen molar-refractivity contribution in [2.24, 2.45) is 0 Å². The molecule has 14 heavy (non-hydrogen) atoms. The zero-order chi connectivity index (χ0) is 9.80. The number of hydrogen-bond acceptors (Lipinski definition) is 1. The molecular weight excluding hydrogens is 194 g/mol. The van der Waals surface area contributed by atoms with E-state index in [-0.39, 0.29) is 0 Å². The number of anilines is 1. The molecule has 0 fully saturated rings. The predicted octanol–water partition coefficient (Wildman–Crippen LogP) is 2.94. The highest BCUT2D eigenvalue weighted by Gasteiger charge is 2.06. The first kappa shape index (κ1) is 9.43. The van der Waals surface area contributed by atoms with E-state index in [1.165, 1.54) is 5.69 Å². The monoisotopic (exact) mass is 205 g/mol. The highest BCUT2D eigenvalue weighted by molar-refractivity contribution is 6.30. The molecule has 0 saturated heterocycles. The minimum Gasteiger partial charge on any atom is -0.370 e. The van der Waals surface area contributed by atoms with Gasteiger partial charge in [0.2, 0.25) is 0 Å². The molecule has 0 amide bonds. The topological polar surface area (TPSA) is 3.24 Å². The highest BCUT2D eigenvalue weighted by atomic mass is 35.5. The van der Waals surface area contributed by atoms with Crippen LogP contribution in [0.2, 0.25) is 5.02 Å². The Hall–Kier alpha value is -1.13. The summed E-state index contributed by atoms with van der Waals surface area (Å²) in [7, 11) is 0. The van der Waals surface area contributed by atoms with Gasteiger partial charge in [-0.1, -0.05) is 17.7 Å². The van der Waals surface area contributed by atoms with E-state index in [0.29, 0.717) is 0 Å². The molecule has 1 aliphatic heterocycles. The van der Waals surface area contributed by atoms with E-state index in [0.717, 1.165) is 31.0 Å². The molecule has 0 saturated carbocycles. The second-order valence-electron chi connectivity index (χ2n) is 3.32. The lowest BCUT2D eigenvalue weighted by Crippen LogP contribution is -2.24. The number of hydrogen-bond donors (Lipinski definition) is 0. The SMILES string of the molecule is Clc1cccc(N2CCC#CCC2)c1. The van der Waals surface area contributed by atoms with Gasteiger partial charge in [-0.15, -0.1) is 11.8 Å². The molecule has 1 aliphatic rings. The Kier molecular flexibility index (Phi) is 2.96. The van der Waals surface area contributed by atoms with Crippen LogP contribution in [0.3, 0.4) is 0 Å². The first-order valence-corrected chi connectivity index (χ1v) is 5.20. The van der Waals surface area contributed by atoms with E-state index < -0.39 is 0 Å². The maximum absolute atomic E-state index is 5.95. The smallest absolute Gasteiger partial charge is 0.0426 e. The molecule has 0 radical (unpaired) electrons. The van der Waals surface area contributed by atoms with Gasteiger partial charge in [0.15, 0.2) is 0 Å². The summed E-state index contributed by atoms with van der Waals surface area (Å²) in [6.45, 7) is 2.01. The fourth-order valence-corrected chi connectivity index (χ4v) is 1.79. The maximum atomic E-state index is 5.95. The lowest BCUT2D eigenvalue weighted by molar-refractivity contribution is 0.816. The van der Waals surface area contributed by atoms with Gasteiger partial charge in [0, 0.05) is 36.6 Å². The van der Waals surface area contributed by atoms with Crippen molar-refractivity contribution in [3.8, 4) is 11.8 Å². The molecule has 0 unspecified atom stereocenters. The van der Waals surface area contributed by atoms with Gasteiger partial charge in [0.05, 0.1) is 0 Å². The lowest BCUT2D eigenvalue weighted by Gasteiger charge is -2.22. The zero-order valence-corrected chi connectivity index (χ0v) is 8.72. The Morgan fingerprint density at radius 1 is 1.14 bits per heavy atom. The van der Waals surface area contributed by atoms with Gasteiger partial charge < -0.3 is 4.90 Å². The van der Waals surface area contributed by atoms with Crippen LogP contribution in [0.1, 0.15) is 12.8 Å². The fourth-order valence-electron chi connectivity index (χ4n) is 1.60. The average molecular weight is 206 g/mol. The summed E-state index contributed by atoms with van der Waals surface area (Å²) in [5.74, 6) is 6.27. The third-order valence-electron chi connectivity index (χ3n) is 2.31. The molecule has 72 valence electrons. The number of halogens is 1. The average Bonchev–Trinajstić information content (AvgIpc) is 2.45. The van der Waals surface area contributed by atoms with Crippen LogP contribution in [0.25, 0.3) is 0 Å². The van der Waals surface area contributed by atoms with E-state index in [1.807, 2.05) is 18.2 Å². The molecule has 1 heterocycles. The normalized spacial score (nSPS) is 15.6. The first-order chi connectivity index (χ1) is 6.86. The summed E-state index contributed by atoms with van der Waals surface area (Å²) in [4.78, 5) is 2.32. The van der Waals surface area contributed by atoms with Crippen molar-refractivity contribution in [2.45, 2.75) is 12.8 Å². The van der Waals surface area contributed by atoms with Crippen LogP contribution in [-0.2, 0) is 0 Å². The van der Waals surface area contributed by atoms with E-state index in [1.54, 1.807) is 0 Å². The maximum Gasteiger partial charge on any atom is 0.0426 e.